The zero-order valence-corrected chi connectivity index (χ0v) is 12.9. The highest BCUT2D eigenvalue weighted by atomic mass is 32.2. The highest BCUT2D eigenvalue weighted by Crippen LogP contribution is 2.28. The Hall–Kier alpha value is 0.310. The third-order valence-corrected chi connectivity index (χ3v) is 5.80. The first-order valence-corrected chi connectivity index (χ1v) is 9.30. The maximum atomic E-state index is 2.79. The lowest BCUT2D eigenvalue weighted by molar-refractivity contribution is 0.302. The third-order valence-electron chi connectivity index (χ3n) is 4.51. The van der Waals surface area contributed by atoms with E-state index in [4.69, 9.17) is 0 Å². The number of hydrogen-bond acceptors (Lipinski definition) is 2. The lowest BCUT2D eigenvalue weighted by Crippen LogP contribution is -2.30. The van der Waals surface area contributed by atoms with Gasteiger partial charge in [-0.2, -0.15) is 0 Å². The first-order valence-electron chi connectivity index (χ1n) is 8.36. The van der Waals surface area contributed by atoms with Gasteiger partial charge in [0, 0.05) is 18.3 Å². The molecule has 1 heterocycles. The molecule has 18 heavy (non-hydrogen) atoms. The van der Waals surface area contributed by atoms with Crippen molar-refractivity contribution in [1.29, 1.82) is 0 Å². The maximum absolute atomic E-state index is 2.79. The van der Waals surface area contributed by atoms with Gasteiger partial charge in [-0.25, -0.2) is 4.31 Å². The van der Waals surface area contributed by atoms with E-state index in [9.17, 15) is 0 Å². The Kier molecular flexibility index (Phi) is 7.56. The van der Waals surface area contributed by atoms with Crippen LogP contribution in [0.15, 0.2) is 0 Å². The monoisotopic (exact) mass is 269 g/mol. The first-order chi connectivity index (χ1) is 8.97. The summed E-state index contributed by atoms with van der Waals surface area (Å²) in [5.74, 6) is 1.37. The van der Waals surface area contributed by atoms with Crippen LogP contribution in [-0.2, 0) is 0 Å². The minimum absolute atomic E-state index is 0.895. The summed E-state index contributed by atoms with van der Waals surface area (Å²) in [6, 6.07) is 0.895. The molecule has 2 aliphatic rings. The topological polar surface area (TPSA) is 3.24 Å². The van der Waals surface area contributed by atoms with Crippen LogP contribution in [0, 0.1) is 0 Å². The fraction of sp³-hybridized carbons (Fsp3) is 1.00. The van der Waals surface area contributed by atoms with Gasteiger partial charge in [0.15, 0.2) is 0 Å². The van der Waals surface area contributed by atoms with E-state index in [0.717, 1.165) is 6.04 Å². The molecule has 2 rings (SSSR count). The number of rotatable bonds is 1. The van der Waals surface area contributed by atoms with E-state index in [0.29, 0.717) is 0 Å². The SMILES string of the molecule is C1CCCCC(N2CCCCCCCS2)CCC1. The van der Waals surface area contributed by atoms with Crippen molar-refractivity contribution in [3.63, 3.8) is 0 Å². The Morgan fingerprint density at radius 1 is 0.611 bits per heavy atom. The Morgan fingerprint density at radius 2 is 1.17 bits per heavy atom. The zero-order chi connectivity index (χ0) is 12.5. The molecule has 0 amide bonds. The van der Waals surface area contributed by atoms with Gasteiger partial charge in [0.25, 0.3) is 0 Å². The predicted molar refractivity (Wildman–Crippen MR) is 83.0 cm³/mol. The molecular formula is C16H31NS. The van der Waals surface area contributed by atoms with E-state index >= 15 is 0 Å². The standard InChI is InChI=1S/C16H31NS/c1-2-5-9-13-16(12-8-4-1)17-14-10-6-3-7-11-15-18-17/h16H,1-15H2. The zero-order valence-electron chi connectivity index (χ0n) is 12.0. The Labute approximate surface area is 118 Å². The van der Waals surface area contributed by atoms with Gasteiger partial charge in [-0.05, 0) is 25.7 Å². The predicted octanol–water partition coefficient (Wildman–Crippen LogP) is 5.40. The van der Waals surface area contributed by atoms with Crippen molar-refractivity contribution >= 4 is 11.9 Å². The van der Waals surface area contributed by atoms with Crippen LogP contribution in [0.2, 0.25) is 0 Å². The van der Waals surface area contributed by atoms with E-state index in [-0.39, 0.29) is 0 Å². The molecule has 0 spiro atoms. The average Bonchev–Trinajstić information content (AvgIpc) is 2.61. The van der Waals surface area contributed by atoms with Gasteiger partial charge in [0.1, 0.15) is 0 Å². The molecule has 1 aliphatic heterocycles. The molecule has 0 atom stereocenters. The summed E-state index contributed by atoms with van der Waals surface area (Å²) in [4.78, 5) is 0. The molecule has 0 radical (unpaired) electrons. The molecular weight excluding hydrogens is 238 g/mol. The molecule has 106 valence electrons. The van der Waals surface area contributed by atoms with E-state index in [1.807, 2.05) is 0 Å². The van der Waals surface area contributed by atoms with Gasteiger partial charge >= 0.3 is 0 Å². The van der Waals surface area contributed by atoms with Crippen LogP contribution in [0.25, 0.3) is 0 Å². The van der Waals surface area contributed by atoms with Gasteiger partial charge in [0.2, 0.25) is 0 Å². The van der Waals surface area contributed by atoms with Gasteiger partial charge in [0.05, 0.1) is 0 Å². The van der Waals surface area contributed by atoms with E-state index in [1.54, 1.807) is 0 Å². The summed E-state index contributed by atoms with van der Waals surface area (Å²) >= 11 is 2.17. The molecule has 0 aromatic carbocycles. The van der Waals surface area contributed by atoms with Gasteiger partial charge in [-0.15, -0.1) is 0 Å². The summed E-state index contributed by atoms with van der Waals surface area (Å²) in [5.41, 5.74) is 0. The largest absolute Gasteiger partial charge is 0.248 e. The molecule has 2 fully saturated rings. The Bertz CT molecular complexity index is 165. The summed E-state index contributed by atoms with van der Waals surface area (Å²) in [6.07, 6.45) is 19.1. The second-order valence-electron chi connectivity index (χ2n) is 6.09. The van der Waals surface area contributed by atoms with Crippen LogP contribution in [0.3, 0.4) is 0 Å². The van der Waals surface area contributed by atoms with Crippen molar-refractivity contribution in [3.8, 4) is 0 Å². The van der Waals surface area contributed by atoms with Crippen molar-refractivity contribution in [1.82, 2.24) is 4.31 Å². The summed E-state index contributed by atoms with van der Waals surface area (Å²) in [5, 5.41) is 0. The molecule has 1 aliphatic carbocycles. The highest BCUT2D eigenvalue weighted by molar-refractivity contribution is 7.97. The minimum Gasteiger partial charge on any atom is -0.248 e. The lowest BCUT2D eigenvalue weighted by Gasteiger charge is -2.30. The summed E-state index contributed by atoms with van der Waals surface area (Å²) < 4.78 is 2.79. The fourth-order valence-corrected chi connectivity index (χ4v) is 4.58. The van der Waals surface area contributed by atoms with E-state index in [1.165, 1.54) is 95.8 Å². The molecule has 0 bridgehead atoms. The number of hydrogen-bond donors (Lipinski definition) is 0. The van der Waals surface area contributed by atoms with Crippen molar-refractivity contribution in [3.05, 3.63) is 0 Å². The highest BCUT2D eigenvalue weighted by Gasteiger charge is 2.19. The first kappa shape index (κ1) is 14.7. The molecule has 0 aromatic heterocycles. The smallest absolute Gasteiger partial charge is 0.0202 e. The van der Waals surface area contributed by atoms with Crippen LogP contribution >= 0.6 is 11.9 Å². The quantitative estimate of drug-likeness (QED) is 0.586. The van der Waals surface area contributed by atoms with Gasteiger partial charge in [-0.1, -0.05) is 69.7 Å². The summed E-state index contributed by atoms with van der Waals surface area (Å²) in [7, 11) is 0. The van der Waals surface area contributed by atoms with Crippen molar-refractivity contribution < 1.29 is 0 Å². The molecule has 0 N–H and O–H groups in total. The second-order valence-corrected chi connectivity index (χ2v) is 7.23. The maximum Gasteiger partial charge on any atom is 0.0202 e. The van der Waals surface area contributed by atoms with Crippen LogP contribution in [-0.4, -0.2) is 22.6 Å². The van der Waals surface area contributed by atoms with Crippen LogP contribution in [0.5, 0.6) is 0 Å². The molecule has 0 unspecified atom stereocenters. The summed E-state index contributed by atoms with van der Waals surface area (Å²) in [6.45, 7) is 1.36. The molecule has 1 saturated heterocycles. The average molecular weight is 269 g/mol. The Morgan fingerprint density at radius 3 is 1.89 bits per heavy atom. The van der Waals surface area contributed by atoms with Crippen molar-refractivity contribution in [2.24, 2.45) is 0 Å². The second kappa shape index (κ2) is 9.25. The molecule has 2 heteroatoms. The van der Waals surface area contributed by atoms with Gasteiger partial charge < -0.3 is 0 Å². The molecule has 1 saturated carbocycles. The molecule has 1 nitrogen and oxygen atoms in total. The van der Waals surface area contributed by atoms with Crippen LogP contribution in [0.1, 0.15) is 83.5 Å². The van der Waals surface area contributed by atoms with E-state index < -0.39 is 0 Å². The van der Waals surface area contributed by atoms with Gasteiger partial charge in [-0.3, -0.25) is 0 Å². The van der Waals surface area contributed by atoms with Crippen LogP contribution < -0.4 is 0 Å². The minimum atomic E-state index is 0.895. The van der Waals surface area contributed by atoms with E-state index in [2.05, 4.69) is 16.3 Å². The van der Waals surface area contributed by atoms with Crippen LogP contribution in [0.4, 0.5) is 0 Å². The normalized spacial score (nSPS) is 27.3. The van der Waals surface area contributed by atoms with Crippen molar-refractivity contribution in [2.45, 2.75) is 89.5 Å². The molecule has 0 aromatic rings. The fourth-order valence-electron chi connectivity index (χ4n) is 3.33. The third kappa shape index (κ3) is 5.52. The number of nitrogens with zero attached hydrogens (tertiary/aromatic N) is 1. The van der Waals surface area contributed by atoms with Crippen molar-refractivity contribution in [2.75, 3.05) is 12.3 Å². The Balaban J connectivity index is 1.83. The lowest BCUT2D eigenvalue weighted by atomic mass is 10.0.